The Morgan fingerprint density at radius 3 is 2.89 bits per heavy atom. The van der Waals surface area contributed by atoms with E-state index in [1.165, 1.54) is 5.56 Å². The lowest BCUT2D eigenvalue weighted by Gasteiger charge is -2.07. The number of nitrogens with zero attached hydrogens (tertiary/aromatic N) is 3. The van der Waals surface area contributed by atoms with E-state index < -0.39 is 0 Å². The Hall–Kier alpha value is -1.72. The second-order valence-electron chi connectivity index (χ2n) is 4.22. The van der Waals surface area contributed by atoms with Gasteiger partial charge in [0.2, 0.25) is 0 Å². The second-order valence-corrected chi connectivity index (χ2v) is 4.22. The molecule has 0 saturated carbocycles. The van der Waals surface area contributed by atoms with E-state index in [0.717, 1.165) is 11.3 Å². The predicted octanol–water partition coefficient (Wildman–Crippen LogP) is 1.27. The van der Waals surface area contributed by atoms with Crippen molar-refractivity contribution in [3.05, 3.63) is 46.8 Å². The number of benzene rings is 1. The van der Waals surface area contributed by atoms with Crippen molar-refractivity contribution in [3.8, 4) is 0 Å². The number of ether oxygens (including phenoxy) is 1. The van der Waals surface area contributed by atoms with Gasteiger partial charge >= 0.3 is 0 Å². The maximum absolute atomic E-state index is 9.20. The first-order valence-electron chi connectivity index (χ1n) is 5.81. The number of aliphatic hydroxyl groups is 1. The fourth-order valence-electron chi connectivity index (χ4n) is 1.90. The molecular weight excluding hydrogens is 230 g/mol. The van der Waals surface area contributed by atoms with Gasteiger partial charge in [-0.15, -0.1) is 5.10 Å². The average molecular weight is 247 g/mol. The zero-order chi connectivity index (χ0) is 13.0. The van der Waals surface area contributed by atoms with Crippen LogP contribution in [0.5, 0.6) is 0 Å². The number of aliphatic hydroxyl groups excluding tert-OH is 1. The number of hydrogen-bond acceptors (Lipinski definition) is 4. The highest BCUT2D eigenvalue weighted by atomic mass is 16.5. The lowest BCUT2D eigenvalue weighted by atomic mass is 10.1. The highest BCUT2D eigenvalue weighted by molar-refractivity contribution is 5.23. The van der Waals surface area contributed by atoms with Gasteiger partial charge < -0.3 is 9.84 Å². The fraction of sp³-hybridized carbons (Fsp3) is 0.385. The Labute approximate surface area is 106 Å². The van der Waals surface area contributed by atoms with Crippen LogP contribution in [0.2, 0.25) is 0 Å². The molecule has 2 rings (SSSR count). The molecule has 2 aromatic rings. The van der Waals surface area contributed by atoms with E-state index in [0.29, 0.717) is 18.8 Å². The highest BCUT2D eigenvalue weighted by Gasteiger charge is 2.12. The first kappa shape index (κ1) is 12.7. The van der Waals surface area contributed by atoms with E-state index >= 15 is 0 Å². The molecule has 1 aromatic carbocycles. The zero-order valence-corrected chi connectivity index (χ0v) is 10.6. The van der Waals surface area contributed by atoms with Crippen molar-refractivity contribution in [2.24, 2.45) is 0 Å². The summed E-state index contributed by atoms with van der Waals surface area (Å²) in [6, 6.07) is 8.23. The molecule has 0 aliphatic carbocycles. The Morgan fingerprint density at radius 2 is 2.22 bits per heavy atom. The minimum Gasteiger partial charge on any atom is -0.390 e. The quantitative estimate of drug-likeness (QED) is 0.864. The van der Waals surface area contributed by atoms with Crippen LogP contribution in [0, 0.1) is 6.92 Å². The minimum absolute atomic E-state index is 0.119. The molecule has 0 bridgehead atoms. The fourth-order valence-corrected chi connectivity index (χ4v) is 1.90. The normalized spacial score (nSPS) is 10.8. The smallest absolute Gasteiger partial charge is 0.114 e. The number of methoxy groups -OCH3 is 1. The first-order chi connectivity index (χ1) is 8.74. The molecule has 0 aliphatic rings. The molecule has 0 saturated heterocycles. The SMILES string of the molecule is COCc1c(CO)nnn1Cc1cccc(C)c1. The highest BCUT2D eigenvalue weighted by Crippen LogP contribution is 2.11. The number of rotatable bonds is 5. The van der Waals surface area contributed by atoms with Gasteiger partial charge in [-0.05, 0) is 12.5 Å². The van der Waals surface area contributed by atoms with Gasteiger partial charge in [-0.25, -0.2) is 4.68 Å². The molecule has 96 valence electrons. The van der Waals surface area contributed by atoms with Gasteiger partial charge in [-0.2, -0.15) is 0 Å². The molecule has 18 heavy (non-hydrogen) atoms. The van der Waals surface area contributed by atoms with E-state index in [1.807, 2.05) is 12.1 Å². The molecule has 0 atom stereocenters. The van der Waals surface area contributed by atoms with Crippen molar-refractivity contribution in [1.82, 2.24) is 15.0 Å². The summed E-state index contributed by atoms with van der Waals surface area (Å²) < 4.78 is 6.89. The van der Waals surface area contributed by atoms with Gasteiger partial charge in [-0.1, -0.05) is 35.0 Å². The Kier molecular flexibility index (Phi) is 4.07. The number of hydrogen-bond donors (Lipinski definition) is 1. The first-order valence-corrected chi connectivity index (χ1v) is 5.81. The average Bonchev–Trinajstić information content (AvgIpc) is 2.72. The van der Waals surface area contributed by atoms with Crippen LogP contribution in [-0.2, 0) is 24.5 Å². The third-order valence-corrected chi connectivity index (χ3v) is 2.76. The van der Waals surface area contributed by atoms with E-state index in [4.69, 9.17) is 4.74 Å². The second kappa shape index (κ2) is 5.75. The maximum atomic E-state index is 9.20. The summed E-state index contributed by atoms with van der Waals surface area (Å²) in [5.74, 6) is 0. The van der Waals surface area contributed by atoms with E-state index in [2.05, 4.69) is 29.4 Å². The van der Waals surface area contributed by atoms with Crippen molar-refractivity contribution in [2.75, 3.05) is 7.11 Å². The molecule has 0 amide bonds. The summed E-state index contributed by atoms with van der Waals surface area (Å²) >= 11 is 0. The van der Waals surface area contributed by atoms with Crippen molar-refractivity contribution < 1.29 is 9.84 Å². The molecule has 1 aromatic heterocycles. The maximum Gasteiger partial charge on any atom is 0.114 e. The van der Waals surface area contributed by atoms with Crippen molar-refractivity contribution >= 4 is 0 Å². The Morgan fingerprint density at radius 1 is 1.39 bits per heavy atom. The van der Waals surface area contributed by atoms with Gasteiger partial charge in [0.1, 0.15) is 5.69 Å². The molecule has 0 spiro atoms. The molecule has 0 unspecified atom stereocenters. The van der Waals surface area contributed by atoms with Gasteiger partial charge in [0.25, 0.3) is 0 Å². The molecule has 1 heterocycles. The van der Waals surface area contributed by atoms with Gasteiger partial charge in [-0.3, -0.25) is 0 Å². The van der Waals surface area contributed by atoms with Crippen LogP contribution in [0.1, 0.15) is 22.5 Å². The van der Waals surface area contributed by atoms with E-state index in [1.54, 1.807) is 11.8 Å². The van der Waals surface area contributed by atoms with Crippen LogP contribution >= 0.6 is 0 Å². The van der Waals surface area contributed by atoms with Gasteiger partial charge in [0.15, 0.2) is 0 Å². The summed E-state index contributed by atoms with van der Waals surface area (Å²) in [6.45, 7) is 2.97. The predicted molar refractivity (Wildman–Crippen MR) is 66.9 cm³/mol. The monoisotopic (exact) mass is 247 g/mol. The summed E-state index contributed by atoms with van der Waals surface area (Å²) in [5, 5.41) is 17.2. The molecule has 0 radical (unpaired) electrons. The van der Waals surface area contributed by atoms with Crippen molar-refractivity contribution in [2.45, 2.75) is 26.7 Å². The Balaban J connectivity index is 2.25. The van der Waals surface area contributed by atoms with Gasteiger partial charge in [0.05, 0.1) is 25.5 Å². The summed E-state index contributed by atoms with van der Waals surface area (Å²) in [5.41, 5.74) is 3.76. The number of aryl methyl sites for hydroxylation is 1. The number of aromatic nitrogens is 3. The van der Waals surface area contributed by atoms with E-state index in [-0.39, 0.29) is 6.61 Å². The molecule has 1 N–H and O–H groups in total. The molecule has 0 aliphatic heterocycles. The zero-order valence-electron chi connectivity index (χ0n) is 10.6. The lowest BCUT2D eigenvalue weighted by molar-refractivity contribution is 0.173. The largest absolute Gasteiger partial charge is 0.390 e. The lowest BCUT2D eigenvalue weighted by Crippen LogP contribution is -2.08. The summed E-state index contributed by atoms with van der Waals surface area (Å²) in [6.07, 6.45) is 0. The Bertz CT molecular complexity index is 523. The third-order valence-electron chi connectivity index (χ3n) is 2.76. The van der Waals surface area contributed by atoms with Gasteiger partial charge in [0, 0.05) is 7.11 Å². The van der Waals surface area contributed by atoms with Crippen LogP contribution in [0.4, 0.5) is 0 Å². The van der Waals surface area contributed by atoms with Crippen molar-refractivity contribution in [1.29, 1.82) is 0 Å². The summed E-state index contributed by atoms with van der Waals surface area (Å²) in [4.78, 5) is 0. The summed E-state index contributed by atoms with van der Waals surface area (Å²) in [7, 11) is 1.62. The van der Waals surface area contributed by atoms with Crippen LogP contribution in [-0.4, -0.2) is 27.2 Å². The minimum atomic E-state index is -0.119. The molecular formula is C13H17N3O2. The van der Waals surface area contributed by atoms with Crippen LogP contribution in [0.25, 0.3) is 0 Å². The van der Waals surface area contributed by atoms with E-state index in [9.17, 15) is 5.11 Å². The van der Waals surface area contributed by atoms with Crippen LogP contribution in [0.15, 0.2) is 24.3 Å². The standard InChI is InChI=1S/C13H17N3O2/c1-10-4-3-5-11(6-10)7-16-13(9-18-2)12(8-17)14-15-16/h3-6,17H,7-9H2,1-2H3. The molecule has 5 heteroatoms. The van der Waals surface area contributed by atoms with Crippen molar-refractivity contribution in [3.63, 3.8) is 0 Å². The topological polar surface area (TPSA) is 60.2 Å². The third kappa shape index (κ3) is 2.75. The molecule has 0 fully saturated rings. The van der Waals surface area contributed by atoms with Crippen LogP contribution in [0.3, 0.4) is 0 Å². The van der Waals surface area contributed by atoms with Crippen LogP contribution < -0.4 is 0 Å². The molecule has 5 nitrogen and oxygen atoms in total.